The molecule has 78 valence electrons. The molecular formula is C14H21Y+2. The van der Waals surface area contributed by atoms with Gasteiger partial charge in [0.15, 0.2) is 0 Å². The molecule has 0 heterocycles. The zero-order valence-corrected chi connectivity index (χ0v) is 13.6. The van der Waals surface area contributed by atoms with E-state index in [-0.39, 0.29) is 38.1 Å². The van der Waals surface area contributed by atoms with Gasteiger partial charge in [-0.2, -0.15) is 13.8 Å². The molecule has 0 nitrogen and oxygen atoms in total. The van der Waals surface area contributed by atoms with Crippen LogP contribution in [0.5, 0.6) is 0 Å². The summed E-state index contributed by atoms with van der Waals surface area (Å²) in [5.41, 5.74) is 4.47. The number of benzene rings is 1. The van der Waals surface area contributed by atoms with Crippen molar-refractivity contribution in [3.63, 3.8) is 0 Å². The van der Waals surface area contributed by atoms with Crippen molar-refractivity contribution in [2.75, 3.05) is 0 Å². The molecule has 0 atom stereocenters. The van der Waals surface area contributed by atoms with Gasteiger partial charge in [0.2, 0.25) is 0 Å². The summed E-state index contributed by atoms with van der Waals surface area (Å²) in [5, 5.41) is 0. The minimum absolute atomic E-state index is 0. The van der Waals surface area contributed by atoms with Crippen molar-refractivity contribution < 1.29 is 32.7 Å². The summed E-state index contributed by atoms with van der Waals surface area (Å²) < 4.78 is 0. The second-order valence-electron chi connectivity index (χ2n) is 4.89. The molecule has 0 amide bonds. The van der Waals surface area contributed by atoms with Gasteiger partial charge in [-0.3, -0.25) is 0 Å². The van der Waals surface area contributed by atoms with Crippen LogP contribution in [0.2, 0.25) is 0 Å². The van der Waals surface area contributed by atoms with Gasteiger partial charge in [-0.15, -0.1) is 5.41 Å². The quantitative estimate of drug-likeness (QED) is 0.711. The Labute approximate surface area is 120 Å². The molecule has 1 aromatic carbocycles. The maximum absolute atomic E-state index is 2.30. The maximum atomic E-state index is 2.30. The van der Waals surface area contributed by atoms with Crippen LogP contribution in [0.3, 0.4) is 0 Å². The maximum Gasteiger partial charge on any atom is 3.00 e. The second-order valence-corrected chi connectivity index (χ2v) is 4.89. The third-order valence-corrected chi connectivity index (χ3v) is 3.36. The van der Waals surface area contributed by atoms with Crippen molar-refractivity contribution in [2.45, 2.75) is 47.0 Å². The van der Waals surface area contributed by atoms with Crippen LogP contribution in [0.15, 0.2) is 18.2 Å². The summed E-state index contributed by atoms with van der Waals surface area (Å²) in [7, 11) is 0. The Balaban J connectivity index is 0.00000196. The van der Waals surface area contributed by atoms with Crippen LogP contribution in [0.25, 0.3) is 0 Å². The smallest absolute Gasteiger partial charge is 0.310 e. The van der Waals surface area contributed by atoms with Crippen molar-refractivity contribution in [1.82, 2.24) is 0 Å². The van der Waals surface area contributed by atoms with Gasteiger partial charge in [0.25, 0.3) is 0 Å². The van der Waals surface area contributed by atoms with E-state index in [4.69, 9.17) is 0 Å². The van der Waals surface area contributed by atoms with E-state index in [0.717, 1.165) is 0 Å². The van der Waals surface area contributed by atoms with E-state index in [9.17, 15) is 0 Å². The molecule has 0 aliphatic carbocycles. The first-order chi connectivity index (χ1) is 6.37. The van der Waals surface area contributed by atoms with Gasteiger partial charge >= 0.3 is 32.7 Å². The number of aryl methyl sites for hydroxylation is 2. The predicted octanol–water partition coefficient (Wildman–Crippen LogP) is 4.19. The standard InChI is InChI=1S/C14H21.Y/c1-10(2)14(5,6)13-11(3)8-7-9-12(13)4;/h7-9H,1-6H3;/q-1;+3. The average molecular weight is 278 g/mol. The molecule has 15 heavy (non-hydrogen) atoms. The van der Waals surface area contributed by atoms with Crippen LogP contribution in [0, 0.1) is 19.8 Å². The van der Waals surface area contributed by atoms with Crippen LogP contribution < -0.4 is 0 Å². The molecule has 0 aliphatic rings. The molecule has 0 radical (unpaired) electrons. The fourth-order valence-corrected chi connectivity index (χ4v) is 2.05. The SMILES string of the molecule is Cc1cccc(C)c1C(C)(C)[C-](C)C.[Y+3]. The molecule has 0 N–H and O–H groups in total. The summed E-state index contributed by atoms with van der Waals surface area (Å²) in [6.45, 7) is 13.4. The average Bonchev–Trinajstić information content (AvgIpc) is 2.02. The molecule has 0 unspecified atom stereocenters. The van der Waals surface area contributed by atoms with Gasteiger partial charge < -0.3 is 5.92 Å². The zero-order chi connectivity index (χ0) is 10.9. The van der Waals surface area contributed by atoms with Crippen LogP contribution in [0.1, 0.15) is 44.4 Å². The van der Waals surface area contributed by atoms with Crippen molar-refractivity contribution in [3.05, 3.63) is 40.8 Å². The Hall–Kier alpha value is 0.324. The fourth-order valence-electron chi connectivity index (χ4n) is 2.05. The first kappa shape index (κ1) is 15.3. The topological polar surface area (TPSA) is 0 Å². The van der Waals surface area contributed by atoms with E-state index >= 15 is 0 Å². The first-order valence-electron chi connectivity index (χ1n) is 5.24. The van der Waals surface area contributed by atoms with E-state index in [1.165, 1.54) is 22.6 Å². The number of hydrogen-bond donors (Lipinski definition) is 0. The monoisotopic (exact) mass is 278 g/mol. The third-order valence-electron chi connectivity index (χ3n) is 3.36. The van der Waals surface area contributed by atoms with Crippen LogP contribution in [0.4, 0.5) is 0 Å². The van der Waals surface area contributed by atoms with E-state index in [2.05, 4.69) is 59.7 Å². The molecule has 1 heteroatoms. The van der Waals surface area contributed by atoms with Crippen molar-refractivity contribution in [3.8, 4) is 0 Å². The van der Waals surface area contributed by atoms with Gasteiger partial charge in [0, 0.05) is 0 Å². The minimum atomic E-state index is 0. The molecule has 0 aromatic heterocycles. The van der Waals surface area contributed by atoms with Crippen molar-refractivity contribution in [2.24, 2.45) is 0 Å². The molecule has 0 saturated heterocycles. The molecule has 1 rings (SSSR count). The normalized spacial score (nSPS) is 11.4. The summed E-state index contributed by atoms with van der Waals surface area (Å²) in [6.07, 6.45) is 0. The van der Waals surface area contributed by atoms with Gasteiger partial charge in [-0.05, 0) is 25.0 Å². The third kappa shape index (κ3) is 3.14. The van der Waals surface area contributed by atoms with Crippen LogP contribution in [-0.4, -0.2) is 0 Å². The minimum Gasteiger partial charge on any atom is -0.310 e. The predicted molar refractivity (Wildman–Crippen MR) is 63.5 cm³/mol. The molecule has 0 saturated carbocycles. The molecule has 0 spiro atoms. The second kappa shape index (κ2) is 5.59. The Bertz CT molecular complexity index is 304. The van der Waals surface area contributed by atoms with Gasteiger partial charge in [-0.1, -0.05) is 37.6 Å². The molecular weight excluding hydrogens is 257 g/mol. The number of rotatable bonds is 2. The zero-order valence-electron chi connectivity index (χ0n) is 10.8. The largest absolute Gasteiger partial charge is 3.00 e. The van der Waals surface area contributed by atoms with E-state index in [1.54, 1.807) is 0 Å². The van der Waals surface area contributed by atoms with E-state index in [0.29, 0.717) is 0 Å². The fraction of sp³-hybridized carbons (Fsp3) is 0.500. The Kier molecular flexibility index (Phi) is 5.71. The van der Waals surface area contributed by atoms with Crippen LogP contribution in [-0.2, 0) is 38.1 Å². The van der Waals surface area contributed by atoms with Gasteiger partial charge in [0.1, 0.15) is 0 Å². The molecule has 0 aliphatic heterocycles. The summed E-state index contributed by atoms with van der Waals surface area (Å²) in [5.74, 6) is 1.47. The number of hydrogen-bond acceptors (Lipinski definition) is 0. The summed E-state index contributed by atoms with van der Waals surface area (Å²) in [6, 6.07) is 6.54. The van der Waals surface area contributed by atoms with Crippen molar-refractivity contribution in [1.29, 1.82) is 0 Å². The van der Waals surface area contributed by atoms with Crippen LogP contribution >= 0.6 is 0 Å². The summed E-state index contributed by atoms with van der Waals surface area (Å²) >= 11 is 0. The Morgan fingerprint density at radius 2 is 1.40 bits per heavy atom. The summed E-state index contributed by atoms with van der Waals surface area (Å²) in [4.78, 5) is 0. The van der Waals surface area contributed by atoms with E-state index in [1.807, 2.05) is 0 Å². The Morgan fingerprint density at radius 1 is 1.00 bits per heavy atom. The molecule has 0 bridgehead atoms. The van der Waals surface area contributed by atoms with E-state index < -0.39 is 0 Å². The van der Waals surface area contributed by atoms with Gasteiger partial charge in [0.05, 0.1) is 0 Å². The van der Waals surface area contributed by atoms with Gasteiger partial charge in [-0.25, -0.2) is 0 Å². The Morgan fingerprint density at radius 3 is 1.73 bits per heavy atom. The van der Waals surface area contributed by atoms with Crippen molar-refractivity contribution >= 4 is 0 Å². The molecule has 0 fully saturated rings. The molecule has 1 aromatic rings. The first-order valence-corrected chi connectivity index (χ1v) is 5.24.